The van der Waals surface area contributed by atoms with E-state index in [0.717, 1.165) is 26.5 Å². The number of rotatable bonds is 7. The van der Waals surface area contributed by atoms with Crippen LogP contribution in [0.4, 0.5) is 0 Å². The van der Waals surface area contributed by atoms with Gasteiger partial charge in [0.25, 0.3) is 0 Å². The second-order valence-corrected chi connectivity index (χ2v) is 7.51. The van der Waals surface area contributed by atoms with Crippen molar-refractivity contribution < 1.29 is 9.21 Å². The zero-order valence-corrected chi connectivity index (χ0v) is 15.7. The summed E-state index contributed by atoms with van der Waals surface area (Å²) in [5.41, 5.74) is 2.11. The van der Waals surface area contributed by atoms with Gasteiger partial charge in [0.15, 0.2) is 0 Å². The van der Waals surface area contributed by atoms with Crippen LogP contribution in [0.15, 0.2) is 77.4 Å². The van der Waals surface area contributed by atoms with Gasteiger partial charge < -0.3 is 9.32 Å². The molecular formula is C22H20N2O2S. The molecule has 0 saturated heterocycles. The molecule has 0 saturated carbocycles. The van der Waals surface area contributed by atoms with E-state index >= 15 is 0 Å². The van der Waals surface area contributed by atoms with Gasteiger partial charge in [-0.15, -0.1) is 11.3 Å². The van der Waals surface area contributed by atoms with E-state index in [1.54, 1.807) is 17.6 Å². The Morgan fingerprint density at radius 2 is 1.78 bits per heavy atom. The number of fused-ring (bicyclic) bond motifs is 1. The number of carbonyl (C=O) groups is 1. The average Bonchev–Trinajstić information content (AvgIpc) is 3.35. The van der Waals surface area contributed by atoms with Gasteiger partial charge in [-0.2, -0.15) is 0 Å². The van der Waals surface area contributed by atoms with Crippen LogP contribution in [0.1, 0.15) is 22.8 Å². The van der Waals surface area contributed by atoms with Crippen LogP contribution in [0.2, 0.25) is 0 Å². The molecule has 0 unspecified atom stereocenters. The summed E-state index contributed by atoms with van der Waals surface area (Å²) in [5, 5.41) is 1.00. The Morgan fingerprint density at radius 3 is 2.56 bits per heavy atom. The fourth-order valence-corrected chi connectivity index (χ4v) is 3.99. The Labute approximate surface area is 162 Å². The summed E-state index contributed by atoms with van der Waals surface area (Å²) in [4.78, 5) is 19.4. The van der Waals surface area contributed by atoms with Crippen molar-refractivity contribution in [3.8, 4) is 0 Å². The van der Waals surface area contributed by atoms with Crippen molar-refractivity contribution in [3.05, 3.63) is 89.3 Å². The first-order chi connectivity index (χ1) is 13.3. The minimum absolute atomic E-state index is 0.106. The molecule has 2 aromatic heterocycles. The number of aryl methyl sites for hydroxylation is 1. The van der Waals surface area contributed by atoms with Gasteiger partial charge >= 0.3 is 0 Å². The Kier molecular flexibility index (Phi) is 5.30. The van der Waals surface area contributed by atoms with Crippen molar-refractivity contribution in [2.45, 2.75) is 25.9 Å². The number of aromatic nitrogens is 1. The zero-order chi connectivity index (χ0) is 18.5. The van der Waals surface area contributed by atoms with Crippen molar-refractivity contribution in [1.82, 2.24) is 9.88 Å². The molecule has 27 heavy (non-hydrogen) atoms. The normalized spacial score (nSPS) is 11.0. The van der Waals surface area contributed by atoms with Crippen molar-refractivity contribution >= 4 is 27.5 Å². The molecule has 0 N–H and O–H groups in total. The average molecular weight is 376 g/mol. The standard InChI is InChI=1S/C22H20N2O2S/c25-22(13-12-21-23-19-10-4-5-11-20(19)27-21)24(16-18-9-6-14-26-18)15-17-7-2-1-3-8-17/h1-11,14H,12-13,15-16H2. The quantitative estimate of drug-likeness (QED) is 0.453. The molecule has 2 aromatic carbocycles. The fourth-order valence-electron chi connectivity index (χ4n) is 3.03. The summed E-state index contributed by atoms with van der Waals surface area (Å²) in [6, 6.07) is 21.9. The van der Waals surface area contributed by atoms with Gasteiger partial charge in [0.1, 0.15) is 5.76 Å². The maximum absolute atomic E-state index is 12.9. The summed E-state index contributed by atoms with van der Waals surface area (Å²) in [6.07, 6.45) is 2.73. The second-order valence-electron chi connectivity index (χ2n) is 6.39. The van der Waals surface area contributed by atoms with Crippen LogP contribution in [0, 0.1) is 0 Å². The number of para-hydroxylation sites is 1. The number of furan rings is 1. The van der Waals surface area contributed by atoms with Crippen molar-refractivity contribution in [1.29, 1.82) is 0 Å². The predicted molar refractivity (Wildman–Crippen MR) is 107 cm³/mol. The fraction of sp³-hybridized carbons (Fsp3) is 0.182. The van der Waals surface area contributed by atoms with Crippen molar-refractivity contribution in [2.24, 2.45) is 0 Å². The summed E-state index contributed by atoms with van der Waals surface area (Å²) >= 11 is 1.66. The number of hydrogen-bond donors (Lipinski definition) is 0. The maximum atomic E-state index is 12.9. The van der Waals surface area contributed by atoms with Crippen LogP contribution >= 0.6 is 11.3 Å². The third kappa shape index (κ3) is 4.44. The first kappa shape index (κ1) is 17.5. The molecule has 4 aromatic rings. The lowest BCUT2D eigenvalue weighted by atomic mass is 10.2. The van der Waals surface area contributed by atoms with E-state index in [-0.39, 0.29) is 5.91 Å². The number of hydrogen-bond acceptors (Lipinski definition) is 4. The highest BCUT2D eigenvalue weighted by molar-refractivity contribution is 7.18. The molecule has 0 fully saturated rings. The van der Waals surface area contributed by atoms with Crippen molar-refractivity contribution in [3.63, 3.8) is 0 Å². The van der Waals surface area contributed by atoms with Crippen molar-refractivity contribution in [2.75, 3.05) is 0 Å². The van der Waals surface area contributed by atoms with Crippen LogP contribution in [-0.4, -0.2) is 15.8 Å². The summed E-state index contributed by atoms with van der Waals surface area (Å²) < 4.78 is 6.61. The monoisotopic (exact) mass is 376 g/mol. The van der Waals surface area contributed by atoms with Gasteiger partial charge in [0.05, 0.1) is 28.0 Å². The summed E-state index contributed by atoms with van der Waals surface area (Å²) in [5.74, 6) is 0.897. The molecule has 0 bridgehead atoms. The number of benzene rings is 2. The smallest absolute Gasteiger partial charge is 0.223 e. The van der Waals surface area contributed by atoms with Gasteiger partial charge in [0.2, 0.25) is 5.91 Å². The number of nitrogens with zero attached hydrogens (tertiary/aromatic N) is 2. The van der Waals surface area contributed by atoms with Gasteiger partial charge in [-0.05, 0) is 29.8 Å². The molecule has 0 atom stereocenters. The highest BCUT2D eigenvalue weighted by Gasteiger charge is 2.17. The lowest BCUT2D eigenvalue weighted by Crippen LogP contribution is -2.30. The van der Waals surface area contributed by atoms with Gasteiger partial charge in [0, 0.05) is 19.4 Å². The van der Waals surface area contributed by atoms with E-state index in [1.807, 2.05) is 65.6 Å². The van der Waals surface area contributed by atoms with E-state index in [2.05, 4.69) is 11.1 Å². The zero-order valence-electron chi connectivity index (χ0n) is 14.9. The van der Waals surface area contributed by atoms with E-state index in [0.29, 0.717) is 25.9 Å². The molecule has 0 radical (unpaired) electrons. The molecule has 1 amide bonds. The summed E-state index contributed by atoms with van der Waals surface area (Å²) in [6.45, 7) is 1.04. The summed E-state index contributed by atoms with van der Waals surface area (Å²) in [7, 11) is 0. The molecule has 5 heteroatoms. The lowest BCUT2D eigenvalue weighted by Gasteiger charge is -2.22. The van der Waals surface area contributed by atoms with Gasteiger partial charge in [-0.1, -0.05) is 42.5 Å². The number of amides is 1. The van der Waals surface area contributed by atoms with Crippen LogP contribution in [0.25, 0.3) is 10.2 Å². The Balaban J connectivity index is 1.45. The van der Waals surface area contributed by atoms with E-state index < -0.39 is 0 Å². The topological polar surface area (TPSA) is 46.3 Å². The number of carbonyl (C=O) groups excluding carboxylic acids is 1. The highest BCUT2D eigenvalue weighted by Crippen LogP contribution is 2.23. The molecule has 2 heterocycles. The van der Waals surface area contributed by atoms with E-state index in [9.17, 15) is 4.79 Å². The Bertz CT molecular complexity index is 976. The Morgan fingerprint density at radius 1 is 0.963 bits per heavy atom. The van der Waals surface area contributed by atoms with Crippen LogP contribution in [-0.2, 0) is 24.3 Å². The molecular weight excluding hydrogens is 356 g/mol. The molecule has 4 rings (SSSR count). The van der Waals surface area contributed by atoms with Crippen LogP contribution < -0.4 is 0 Å². The number of thiazole rings is 1. The molecule has 0 spiro atoms. The third-order valence-electron chi connectivity index (χ3n) is 4.39. The maximum Gasteiger partial charge on any atom is 0.223 e. The first-order valence-corrected chi connectivity index (χ1v) is 9.78. The second kappa shape index (κ2) is 8.18. The lowest BCUT2D eigenvalue weighted by molar-refractivity contribution is -0.132. The largest absolute Gasteiger partial charge is 0.467 e. The minimum Gasteiger partial charge on any atom is -0.467 e. The van der Waals surface area contributed by atoms with Gasteiger partial charge in [-0.25, -0.2) is 4.98 Å². The Hall–Kier alpha value is -2.92. The van der Waals surface area contributed by atoms with Crippen LogP contribution in [0.5, 0.6) is 0 Å². The first-order valence-electron chi connectivity index (χ1n) is 8.96. The van der Waals surface area contributed by atoms with E-state index in [1.165, 1.54) is 0 Å². The van der Waals surface area contributed by atoms with E-state index in [4.69, 9.17) is 4.42 Å². The predicted octanol–water partition coefficient (Wildman–Crippen LogP) is 5.05. The van der Waals surface area contributed by atoms with Gasteiger partial charge in [-0.3, -0.25) is 4.79 Å². The molecule has 0 aliphatic rings. The highest BCUT2D eigenvalue weighted by atomic mass is 32.1. The molecule has 0 aliphatic heterocycles. The molecule has 136 valence electrons. The molecule has 0 aliphatic carbocycles. The van der Waals surface area contributed by atoms with Crippen LogP contribution in [0.3, 0.4) is 0 Å². The third-order valence-corrected chi connectivity index (χ3v) is 5.48. The SMILES string of the molecule is O=C(CCc1nc2ccccc2s1)N(Cc1ccccc1)Cc1ccco1. The minimum atomic E-state index is 0.106. The molecule has 4 nitrogen and oxygen atoms in total.